The number of benzene rings is 2. The molecule has 1 atom stereocenters. The zero-order valence-electron chi connectivity index (χ0n) is 19.0. The maximum Gasteiger partial charge on any atom is 0.261 e. The maximum absolute atomic E-state index is 13.2. The van der Waals surface area contributed by atoms with Crippen molar-refractivity contribution < 1.29 is 19.1 Å². The molecule has 0 unspecified atom stereocenters. The summed E-state index contributed by atoms with van der Waals surface area (Å²) >= 11 is 12.1. The van der Waals surface area contributed by atoms with Crippen LogP contribution in [0.5, 0.6) is 11.5 Å². The molecule has 2 amide bonds. The zero-order valence-corrected chi connectivity index (χ0v) is 20.5. The second-order valence-electron chi connectivity index (χ2n) is 8.26. The Labute approximate surface area is 205 Å². The first-order chi connectivity index (χ1) is 15.9. The molecule has 1 saturated carbocycles. The van der Waals surface area contributed by atoms with E-state index in [1.54, 1.807) is 32.2 Å². The van der Waals surface area contributed by atoms with Crippen molar-refractivity contribution in [2.24, 2.45) is 0 Å². The molecule has 2 aromatic carbocycles. The summed E-state index contributed by atoms with van der Waals surface area (Å²) in [5.41, 5.74) is 0.851. The van der Waals surface area contributed by atoms with Crippen LogP contribution in [0.2, 0.25) is 10.0 Å². The third-order valence-corrected chi connectivity index (χ3v) is 6.38. The molecule has 0 bridgehead atoms. The lowest BCUT2D eigenvalue weighted by molar-refractivity contribution is -0.142. The van der Waals surface area contributed by atoms with Crippen LogP contribution in [0.4, 0.5) is 0 Å². The number of hydrogen-bond donors (Lipinski definition) is 1. The Hall–Kier alpha value is -2.44. The first-order valence-corrected chi connectivity index (χ1v) is 11.9. The van der Waals surface area contributed by atoms with Gasteiger partial charge in [0, 0.05) is 17.6 Å². The van der Waals surface area contributed by atoms with Gasteiger partial charge >= 0.3 is 0 Å². The van der Waals surface area contributed by atoms with E-state index in [1.165, 1.54) is 11.3 Å². The fraction of sp³-hybridized carbons (Fsp3) is 0.440. The molecule has 1 fully saturated rings. The number of carbonyl (C=O) groups is 2. The number of amides is 2. The van der Waals surface area contributed by atoms with E-state index in [9.17, 15) is 9.59 Å². The van der Waals surface area contributed by atoms with Crippen LogP contribution in [0.15, 0.2) is 42.5 Å². The number of halogens is 2. The highest BCUT2D eigenvalue weighted by atomic mass is 35.5. The van der Waals surface area contributed by atoms with Gasteiger partial charge in [-0.15, -0.1) is 0 Å². The molecule has 0 aromatic heterocycles. The van der Waals surface area contributed by atoms with E-state index in [4.69, 9.17) is 32.7 Å². The first kappa shape index (κ1) is 25.2. The maximum atomic E-state index is 13.2. The van der Waals surface area contributed by atoms with E-state index in [2.05, 4.69) is 5.32 Å². The Morgan fingerprint density at radius 2 is 1.88 bits per heavy atom. The van der Waals surface area contributed by atoms with Gasteiger partial charge in [0.25, 0.3) is 5.91 Å². The molecule has 6 nitrogen and oxygen atoms in total. The molecule has 2 aromatic rings. The zero-order chi connectivity index (χ0) is 23.8. The molecule has 0 radical (unpaired) electrons. The van der Waals surface area contributed by atoms with E-state index < -0.39 is 6.04 Å². The average Bonchev–Trinajstić information content (AvgIpc) is 2.82. The molecule has 1 aliphatic rings. The molecule has 1 aliphatic carbocycles. The number of carbonyl (C=O) groups excluding carboxylic acids is 2. The monoisotopic (exact) mass is 492 g/mol. The van der Waals surface area contributed by atoms with E-state index >= 15 is 0 Å². The van der Waals surface area contributed by atoms with Gasteiger partial charge < -0.3 is 19.7 Å². The van der Waals surface area contributed by atoms with E-state index in [1.807, 2.05) is 24.3 Å². The van der Waals surface area contributed by atoms with Crippen LogP contribution < -0.4 is 14.8 Å². The van der Waals surface area contributed by atoms with E-state index in [-0.39, 0.29) is 31.0 Å². The summed E-state index contributed by atoms with van der Waals surface area (Å²) in [6.07, 6.45) is 5.37. The Bertz CT molecular complexity index is 963. The van der Waals surface area contributed by atoms with Gasteiger partial charge in [0.15, 0.2) is 6.61 Å². The molecule has 8 heteroatoms. The molecule has 33 heavy (non-hydrogen) atoms. The summed E-state index contributed by atoms with van der Waals surface area (Å²) in [4.78, 5) is 27.8. The van der Waals surface area contributed by atoms with E-state index in [0.29, 0.717) is 21.5 Å². The number of hydrogen-bond acceptors (Lipinski definition) is 4. The smallest absolute Gasteiger partial charge is 0.261 e. The number of methoxy groups -OCH3 is 1. The Morgan fingerprint density at radius 3 is 2.58 bits per heavy atom. The summed E-state index contributed by atoms with van der Waals surface area (Å²) in [5.74, 6) is 0.552. The summed E-state index contributed by atoms with van der Waals surface area (Å²) < 4.78 is 11.0. The second kappa shape index (κ2) is 12.1. The van der Waals surface area contributed by atoms with Gasteiger partial charge in [-0.1, -0.05) is 54.6 Å². The summed E-state index contributed by atoms with van der Waals surface area (Å²) in [5, 5.41) is 3.91. The van der Waals surface area contributed by atoms with Crippen molar-refractivity contribution in [1.29, 1.82) is 0 Å². The van der Waals surface area contributed by atoms with Crippen LogP contribution in [-0.2, 0) is 16.1 Å². The van der Waals surface area contributed by atoms with Crippen molar-refractivity contribution in [2.75, 3.05) is 13.7 Å². The Kier molecular flexibility index (Phi) is 9.27. The van der Waals surface area contributed by atoms with Crippen molar-refractivity contribution in [3.8, 4) is 11.5 Å². The van der Waals surface area contributed by atoms with Crippen molar-refractivity contribution in [2.45, 2.75) is 57.7 Å². The van der Waals surface area contributed by atoms with Crippen molar-refractivity contribution >= 4 is 35.0 Å². The van der Waals surface area contributed by atoms with Gasteiger partial charge in [-0.05, 0) is 55.7 Å². The largest absolute Gasteiger partial charge is 0.497 e. The lowest BCUT2D eigenvalue weighted by Gasteiger charge is -2.31. The van der Waals surface area contributed by atoms with Gasteiger partial charge in [0.1, 0.15) is 17.5 Å². The summed E-state index contributed by atoms with van der Waals surface area (Å²) in [6.45, 7) is 1.73. The fourth-order valence-electron chi connectivity index (χ4n) is 3.93. The molecular formula is C25H30Cl2N2O4. The number of ether oxygens (including phenoxy) is 2. The predicted octanol–water partition coefficient (Wildman–Crippen LogP) is 5.25. The average molecular weight is 493 g/mol. The first-order valence-electron chi connectivity index (χ1n) is 11.2. The van der Waals surface area contributed by atoms with Gasteiger partial charge in [0.05, 0.1) is 12.1 Å². The molecule has 3 rings (SSSR count). The predicted molar refractivity (Wildman–Crippen MR) is 130 cm³/mol. The van der Waals surface area contributed by atoms with Gasteiger partial charge in [-0.2, -0.15) is 0 Å². The number of nitrogens with zero attached hydrogens (tertiary/aromatic N) is 1. The highest BCUT2D eigenvalue weighted by Crippen LogP contribution is 2.27. The normalized spacial score (nSPS) is 14.9. The van der Waals surface area contributed by atoms with Crippen LogP contribution in [0.25, 0.3) is 0 Å². The molecule has 0 aliphatic heterocycles. The van der Waals surface area contributed by atoms with Crippen molar-refractivity contribution in [3.05, 3.63) is 58.1 Å². The highest BCUT2D eigenvalue weighted by molar-refractivity contribution is 6.35. The van der Waals surface area contributed by atoms with Crippen LogP contribution in [0, 0.1) is 0 Å². The molecule has 178 valence electrons. The minimum atomic E-state index is -0.671. The summed E-state index contributed by atoms with van der Waals surface area (Å²) in [6, 6.07) is 11.7. The molecule has 0 heterocycles. The minimum Gasteiger partial charge on any atom is -0.497 e. The summed E-state index contributed by atoms with van der Waals surface area (Å²) in [7, 11) is 1.59. The number of rotatable bonds is 9. The minimum absolute atomic E-state index is 0.159. The van der Waals surface area contributed by atoms with Crippen molar-refractivity contribution in [3.63, 3.8) is 0 Å². The van der Waals surface area contributed by atoms with Crippen LogP contribution >= 0.6 is 23.2 Å². The van der Waals surface area contributed by atoms with Gasteiger partial charge in [-0.3, -0.25) is 9.59 Å². The molecular weight excluding hydrogens is 463 g/mol. The molecule has 0 saturated heterocycles. The SMILES string of the molecule is COc1cccc(CN(C(=O)COc2ccc(Cl)cc2Cl)[C@@H](C)C(=O)NC2CCCCC2)c1. The van der Waals surface area contributed by atoms with E-state index in [0.717, 1.165) is 31.2 Å². The third kappa shape index (κ3) is 7.27. The van der Waals surface area contributed by atoms with Crippen LogP contribution in [0.3, 0.4) is 0 Å². The highest BCUT2D eigenvalue weighted by Gasteiger charge is 2.28. The lowest BCUT2D eigenvalue weighted by Crippen LogP contribution is -2.51. The second-order valence-corrected chi connectivity index (χ2v) is 9.10. The fourth-order valence-corrected chi connectivity index (χ4v) is 4.40. The Balaban J connectivity index is 1.74. The molecule has 1 N–H and O–H groups in total. The quantitative estimate of drug-likeness (QED) is 0.519. The molecule has 0 spiro atoms. The lowest BCUT2D eigenvalue weighted by atomic mass is 9.95. The van der Waals surface area contributed by atoms with Crippen molar-refractivity contribution in [1.82, 2.24) is 10.2 Å². The van der Waals surface area contributed by atoms with Crippen LogP contribution in [-0.4, -0.2) is 42.5 Å². The van der Waals surface area contributed by atoms with Gasteiger partial charge in [-0.25, -0.2) is 0 Å². The number of nitrogens with one attached hydrogen (secondary N) is 1. The van der Waals surface area contributed by atoms with Crippen LogP contribution in [0.1, 0.15) is 44.6 Å². The van der Waals surface area contributed by atoms with Gasteiger partial charge in [0.2, 0.25) is 5.91 Å². The third-order valence-electron chi connectivity index (χ3n) is 5.85. The topological polar surface area (TPSA) is 67.9 Å². The standard InChI is InChI=1S/C25H30Cl2N2O4/c1-17(25(31)28-20-8-4-3-5-9-20)29(15-18-7-6-10-21(13-18)32-2)24(30)16-33-23-12-11-19(26)14-22(23)27/h6-7,10-14,17,20H,3-5,8-9,15-16H2,1-2H3,(H,28,31)/t17-/m0/s1. The Morgan fingerprint density at radius 1 is 1.12 bits per heavy atom.